The Balaban J connectivity index is 1.98. The van der Waals surface area contributed by atoms with E-state index in [1.54, 1.807) is 0 Å². The Hall–Kier alpha value is -0.860. The van der Waals surface area contributed by atoms with Crippen molar-refractivity contribution in [2.75, 3.05) is 6.54 Å². The van der Waals surface area contributed by atoms with Crippen molar-refractivity contribution >= 4 is 11.7 Å². The summed E-state index contributed by atoms with van der Waals surface area (Å²) in [6, 6.07) is 0. The molecule has 0 radical (unpaired) electrons. The standard InChI is InChI=1S/C11H19NO2/c1-9(13)12-8-3-2-5-10-6-4-7-11(10)14/h10H,2-8H2,1H3,(H,12,13). The van der Waals surface area contributed by atoms with Crippen LogP contribution in [0.5, 0.6) is 0 Å². The molecule has 0 aromatic carbocycles. The van der Waals surface area contributed by atoms with Gasteiger partial charge in [0, 0.05) is 25.8 Å². The third-order valence-corrected chi connectivity index (χ3v) is 2.78. The van der Waals surface area contributed by atoms with Crippen LogP contribution in [0, 0.1) is 5.92 Å². The lowest BCUT2D eigenvalue weighted by molar-refractivity contribution is -0.121. The number of hydrogen-bond acceptors (Lipinski definition) is 2. The van der Waals surface area contributed by atoms with E-state index in [0.717, 1.165) is 45.1 Å². The number of unbranched alkanes of at least 4 members (excludes halogenated alkanes) is 1. The number of carbonyl (C=O) groups excluding carboxylic acids is 2. The summed E-state index contributed by atoms with van der Waals surface area (Å²) in [5, 5.41) is 2.76. The average molecular weight is 197 g/mol. The molecule has 0 heterocycles. The fourth-order valence-corrected chi connectivity index (χ4v) is 1.97. The van der Waals surface area contributed by atoms with E-state index in [4.69, 9.17) is 0 Å². The van der Waals surface area contributed by atoms with E-state index in [2.05, 4.69) is 5.32 Å². The fraction of sp³-hybridized carbons (Fsp3) is 0.818. The van der Waals surface area contributed by atoms with Gasteiger partial charge in [-0.2, -0.15) is 0 Å². The van der Waals surface area contributed by atoms with Crippen LogP contribution in [0.2, 0.25) is 0 Å². The Kier molecular flexibility index (Phi) is 4.63. The topological polar surface area (TPSA) is 46.2 Å². The lowest BCUT2D eigenvalue weighted by Crippen LogP contribution is -2.21. The normalized spacial score (nSPS) is 21.2. The zero-order valence-electron chi connectivity index (χ0n) is 8.84. The highest BCUT2D eigenvalue weighted by Gasteiger charge is 2.23. The van der Waals surface area contributed by atoms with Crippen LogP contribution < -0.4 is 5.32 Å². The molecule has 3 nitrogen and oxygen atoms in total. The van der Waals surface area contributed by atoms with E-state index < -0.39 is 0 Å². The number of Topliss-reactive ketones (excluding diaryl/α,β-unsaturated/α-hetero) is 1. The molecular weight excluding hydrogens is 178 g/mol. The average Bonchev–Trinajstić information content (AvgIpc) is 2.51. The maximum Gasteiger partial charge on any atom is 0.216 e. The molecule has 1 N–H and O–H groups in total. The molecule has 80 valence electrons. The second-order valence-electron chi connectivity index (χ2n) is 4.03. The summed E-state index contributed by atoms with van der Waals surface area (Å²) in [7, 11) is 0. The number of hydrogen-bond donors (Lipinski definition) is 1. The predicted molar refractivity (Wildman–Crippen MR) is 54.9 cm³/mol. The van der Waals surface area contributed by atoms with Crippen molar-refractivity contribution in [2.24, 2.45) is 5.92 Å². The fourth-order valence-electron chi connectivity index (χ4n) is 1.97. The minimum absolute atomic E-state index is 0.0296. The monoisotopic (exact) mass is 197 g/mol. The SMILES string of the molecule is CC(=O)NCCCCC1CCCC1=O. The van der Waals surface area contributed by atoms with Gasteiger partial charge >= 0.3 is 0 Å². The first-order chi connectivity index (χ1) is 6.70. The molecular formula is C11H19NO2. The molecule has 1 unspecified atom stereocenters. The maximum atomic E-state index is 11.3. The number of nitrogens with one attached hydrogen (secondary N) is 1. The van der Waals surface area contributed by atoms with E-state index in [1.807, 2.05) is 0 Å². The Morgan fingerprint density at radius 1 is 1.50 bits per heavy atom. The van der Waals surface area contributed by atoms with Crippen molar-refractivity contribution in [1.29, 1.82) is 0 Å². The Morgan fingerprint density at radius 2 is 2.29 bits per heavy atom. The maximum absolute atomic E-state index is 11.3. The molecule has 1 aliphatic rings. The molecule has 0 saturated heterocycles. The van der Waals surface area contributed by atoms with Gasteiger partial charge in [-0.05, 0) is 25.7 Å². The van der Waals surface area contributed by atoms with Crippen molar-refractivity contribution in [1.82, 2.24) is 5.32 Å². The zero-order chi connectivity index (χ0) is 10.4. The molecule has 1 fully saturated rings. The van der Waals surface area contributed by atoms with E-state index >= 15 is 0 Å². The quantitative estimate of drug-likeness (QED) is 0.681. The van der Waals surface area contributed by atoms with Crippen molar-refractivity contribution in [3.05, 3.63) is 0 Å². The first-order valence-corrected chi connectivity index (χ1v) is 5.47. The van der Waals surface area contributed by atoms with Crippen LogP contribution in [0.4, 0.5) is 0 Å². The summed E-state index contributed by atoms with van der Waals surface area (Å²) < 4.78 is 0. The highest BCUT2D eigenvalue weighted by Crippen LogP contribution is 2.25. The largest absolute Gasteiger partial charge is 0.356 e. The van der Waals surface area contributed by atoms with Gasteiger partial charge in [0.2, 0.25) is 5.91 Å². The molecule has 0 spiro atoms. The Bertz CT molecular complexity index is 213. The van der Waals surface area contributed by atoms with Crippen molar-refractivity contribution in [3.63, 3.8) is 0 Å². The summed E-state index contributed by atoms with van der Waals surface area (Å²) >= 11 is 0. The summed E-state index contributed by atoms with van der Waals surface area (Å²) in [5.74, 6) is 0.804. The van der Waals surface area contributed by atoms with Crippen LogP contribution in [0.1, 0.15) is 45.4 Å². The molecule has 1 rings (SSSR count). The summed E-state index contributed by atoms with van der Waals surface area (Å²) in [6.45, 7) is 2.27. The number of ketones is 1. The predicted octanol–water partition coefficient (Wildman–Crippen LogP) is 1.66. The van der Waals surface area contributed by atoms with Gasteiger partial charge in [0.25, 0.3) is 0 Å². The molecule has 3 heteroatoms. The first-order valence-electron chi connectivity index (χ1n) is 5.47. The molecule has 1 amide bonds. The van der Waals surface area contributed by atoms with Crippen LogP contribution in [0.25, 0.3) is 0 Å². The molecule has 0 aliphatic heterocycles. The third kappa shape index (κ3) is 3.90. The van der Waals surface area contributed by atoms with Gasteiger partial charge in [-0.25, -0.2) is 0 Å². The first kappa shape index (κ1) is 11.2. The van der Waals surface area contributed by atoms with E-state index in [9.17, 15) is 9.59 Å². The van der Waals surface area contributed by atoms with Crippen LogP contribution >= 0.6 is 0 Å². The summed E-state index contributed by atoms with van der Waals surface area (Å²) in [4.78, 5) is 21.8. The van der Waals surface area contributed by atoms with Gasteiger partial charge in [0.1, 0.15) is 5.78 Å². The van der Waals surface area contributed by atoms with Crippen LogP contribution in [0.3, 0.4) is 0 Å². The third-order valence-electron chi connectivity index (χ3n) is 2.78. The lowest BCUT2D eigenvalue weighted by Gasteiger charge is -2.07. The minimum atomic E-state index is 0.0296. The molecule has 14 heavy (non-hydrogen) atoms. The van der Waals surface area contributed by atoms with Crippen molar-refractivity contribution in [2.45, 2.75) is 45.4 Å². The smallest absolute Gasteiger partial charge is 0.216 e. The number of carbonyl (C=O) groups is 2. The van der Waals surface area contributed by atoms with Crippen LogP contribution in [0.15, 0.2) is 0 Å². The molecule has 0 aromatic rings. The van der Waals surface area contributed by atoms with E-state index in [0.29, 0.717) is 11.7 Å². The molecule has 1 aliphatic carbocycles. The molecule has 0 aromatic heterocycles. The Morgan fingerprint density at radius 3 is 2.86 bits per heavy atom. The Labute approximate surface area is 85.3 Å². The minimum Gasteiger partial charge on any atom is -0.356 e. The van der Waals surface area contributed by atoms with E-state index in [-0.39, 0.29) is 5.91 Å². The van der Waals surface area contributed by atoms with Crippen LogP contribution in [-0.2, 0) is 9.59 Å². The van der Waals surface area contributed by atoms with Gasteiger partial charge in [-0.1, -0.05) is 6.42 Å². The number of amides is 1. The van der Waals surface area contributed by atoms with Gasteiger partial charge in [-0.3, -0.25) is 9.59 Å². The van der Waals surface area contributed by atoms with Crippen molar-refractivity contribution < 1.29 is 9.59 Å². The molecule has 0 bridgehead atoms. The number of rotatable bonds is 5. The summed E-state index contributed by atoms with van der Waals surface area (Å²) in [5.41, 5.74) is 0. The van der Waals surface area contributed by atoms with E-state index in [1.165, 1.54) is 6.92 Å². The molecule has 1 saturated carbocycles. The van der Waals surface area contributed by atoms with Crippen LogP contribution in [-0.4, -0.2) is 18.2 Å². The summed E-state index contributed by atoms with van der Waals surface area (Å²) in [6.07, 6.45) is 6.00. The van der Waals surface area contributed by atoms with Gasteiger partial charge in [0.15, 0.2) is 0 Å². The van der Waals surface area contributed by atoms with Gasteiger partial charge in [0.05, 0.1) is 0 Å². The van der Waals surface area contributed by atoms with Crippen molar-refractivity contribution in [3.8, 4) is 0 Å². The lowest BCUT2D eigenvalue weighted by atomic mass is 10.00. The van der Waals surface area contributed by atoms with Gasteiger partial charge in [-0.15, -0.1) is 0 Å². The highest BCUT2D eigenvalue weighted by atomic mass is 16.1. The second-order valence-corrected chi connectivity index (χ2v) is 4.03. The van der Waals surface area contributed by atoms with Gasteiger partial charge < -0.3 is 5.32 Å². The molecule has 1 atom stereocenters. The second kappa shape index (κ2) is 5.78. The zero-order valence-corrected chi connectivity index (χ0v) is 8.84. The highest BCUT2D eigenvalue weighted by molar-refractivity contribution is 5.82.